The highest BCUT2D eigenvalue weighted by Gasteiger charge is 2.23. The van der Waals surface area contributed by atoms with E-state index in [0.29, 0.717) is 13.2 Å². The quantitative estimate of drug-likeness (QED) is 0.665. The van der Waals surface area contributed by atoms with Gasteiger partial charge in [0.25, 0.3) is 0 Å². The third kappa shape index (κ3) is 1.58. The summed E-state index contributed by atoms with van der Waals surface area (Å²) in [6.45, 7) is 3.26. The van der Waals surface area contributed by atoms with Crippen LogP contribution in [0.3, 0.4) is 0 Å². The van der Waals surface area contributed by atoms with E-state index in [1.54, 1.807) is 4.90 Å². The van der Waals surface area contributed by atoms with Crippen LogP contribution < -0.4 is 4.90 Å². The van der Waals surface area contributed by atoms with Crippen LogP contribution in [0.1, 0.15) is 5.56 Å². The van der Waals surface area contributed by atoms with Gasteiger partial charge in [0.2, 0.25) is 5.91 Å². The summed E-state index contributed by atoms with van der Waals surface area (Å²) in [5, 5.41) is 0. The van der Waals surface area contributed by atoms with Crippen LogP contribution in [0.4, 0.5) is 5.69 Å². The Morgan fingerprint density at radius 2 is 1.86 bits per heavy atom. The normalized spacial score (nSPS) is 16.6. The molecular formula is C11H14N2O. The molecule has 0 radical (unpaired) electrons. The summed E-state index contributed by atoms with van der Waals surface area (Å²) in [4.78, 5) is 15.1. The van der Waals surface area contributed by atoms with Gasteiger partial charge >= 0.3 is 0 Å². The number of hydrogen-bond donors (Lipinski definition) is 0. The molecule has 3 heteroatoms. The van der Waals surface area contributed by atoms with Crippen molar-refractivity contribution >= 4 is 11.6 Å². The fourth-order valence-corrected chi connectivity index (χ4v) is 1.60. The Balaban J connectivity index is 2.17. The third-order valence-electron chi connectivity index (χ3n) is 2.53. The number of amides is 1. The molecule has 0 aliphatic carbocycles. The van der Waals surface area contributed by atoms with E-state index in [1.165, 1.54) is 5.56 Å². The summed E-state index contributed by atoms with van der Waals surface area (Å²) in [7, 11) is 1.83. The predicted octanol–water partition coefficient (Wildman–Crippen LogP) is 1.23. The summed E-state index contributed by atoms with van der Waals surface area (Å²) in [6.07, 6.45) is 0. The number of nitrogens with zero attached hydrogens (tertiary/aromatic N) is 2. The van der Waals surface area contributed by atoms with Gasteiger partial charge in [-0.05, 0) is 19.1 Å². The summed E-state index contributed by atoms with van der Waals surface area (Å²) >= 11 is 0. The third-order valence-corrected chi connectivity index (χ3v) is 2.53. The van der Waals surface area contributed by atoms with Crippen molar-refractivity contribution < 1.29 is 4.79 Å². The monoisotopic (exact) mass is 190 g/mol. The zero-order valence-corrected chi connectivity index (χ0v) is 8.53. The average Bonchev–Trinajstić information content (AvgIpc) is 2.48. The Hall–Kier alpha value is -1.51. The lowest BCUT2D eigenvalue weighted by molar-refractivity contribution is -0.125. The lowest BCUT2D eigenvalue weighted by atomic mass is 10.2. The van der Waals surface area contributed by atoms with Gasteiger partial charge < -0.3 is 9.80 Å². The van der Waals surface area contributed by atoms with Crippen molar-refractivity contribution in [2.24, 2.45) is 0 Å². The van der Waals surface area contributed by atoms with Crippen LogP contribution in [0.25, 0.3) is 0 Å². The Kier molecular flexibility index (Phi) is 2.15. The van der Waals surface area contributed by atoms with Crippen LogP contribution in [0.15, 0.2) is 24.3 Å². The first-order valence-corrected chi connectivity index (χ1v) is 4.72. The molecule has 74 valence electrons. The van der Waals surface area contributed by atoms with Crippen molar-refractivity contribution in [3.8, 4) is 0 Å². The van der Waals surface area contributed by atoms with Gasteiger partial charge in [0, 0.05) is 12.7 Å². The van der Waals surface area contributed by atoms with Gasteiger partial charge in [0.1, 0.15) is 0 Å². The minimum atomic E-state index is 0.186. The van der Waals surface area contributed by atoms with Gasteiger partial charge in [-0.2, -0.15) is 0 Å². The largest absolute Gasteiger partial charge is 0.344 e. The van der Waals surface area contributed by atoms with Gasteiger partial charge in [-0.1, -0.05) is 17.7 Å². The smallest absolute Gasteiger partial charge is 0.243 e. The molecule has 0 bridgehead atoms. The van der Waals surface area contributed by atoms with Crippen LogP contribution in [0, 0.1) is 6.92 Å². The van der Waals surface area contributed by atoms with E-state index in [2.05, 4.69) is 36.1 Å². The lowest BCUT2D eigenvalue weighted by Gasteiger charge is -2.16. The Labute approximate surface area is 83.9 Å². The molecule has 1 amide bonds. The number of benzene rings is 1. The number of likely N-dealkylation sites (N-methyl/N-ethyl adjacent to an activating group) is 1. The average molecular weight is 190 g/mol. The molecule has 14 heavy (non-hydrogen) atoms. The van der Waals surface area contributed by atoms with Crippen LogP contribution in [0.5, 0.6) is 0 Å². The maximum Gasteiger partial charge on any atom is 0.243 e. The second-order valence-corrected chi connectivity index (χ2v) is 3.77. The highest BCUT2D eigenvalue weighted by atomic mass is 16.2. The van der Waals surface area contributed by atoms with Gasteiger partial charge in [-0.25, -0.2) is 0 Å². The first-order valence-electron chi connectivity index (χ1n) is 4.72. The number of hydrogen-bond acceptors (Lipinski definition) is 2. The molecule has 0 N–H and O–H groups in total. The van der Waals surface area contributed by atoms with Gasteiger partial charge in [0.15, 0.2) is 0 Å². The van der Waals surface area contributed by atoms with Crippen molar-refractivity contribution in [2.45, 2.75) is 6.92 Å². The van der Waals surface area contributed by atoms with Crippen molar-refractivity contribution in [3.05, 3.63) is 29.8 Å². The number of carbonyl (C=O) groups excluding carboxylic acids is 1. The standard InChI is InChI=1S/C11H14N2O/c1-9-3-5-10(6-4-9)13-7-11(14)12(2)8-13/h3-6H,7-8H2,1-2H3. The van der Waals surface area contributed by atoms with E-state index < -0.39 is 0 Å². The molecule has 2 rings (SSSR count). The second kappa shape index (κ2) is 3.33. The van der Waals surface area contributed by atoms with E-state index in [-0.39, 0.29) is 5.91 Å². The molecule has 0 unspecified atom stereocenters. The molecule has 1 fully saturated rings. The molecule has 1 aromatic carbocycles. The zero-order chi connectivity index (χ0) is 10.1. The van der Waals surface area contributed by atoms with E-state index in [0.717, 1.165) is 5.69 Å². The van der Waals surface area contributed by atoms with Crippen molar-refractivity contribution in [2.75, 3.05) is 25.2 Å². The fraction of sp³-hybridized carbons (Fsp3) is 0.364. The van der Waals surface area contributed by atoms with Gasteiger partial charge in [-0.3, -0.25) is 4.79 Å². The highest BCUT2D eigenvalue weighted by Crippen LogP contribution is 2.18. The van der Waals surface area contributed by atoms with E-state index >= 15 is 0 Å². The van der Waals surface area contributed by atoms with Crippen molar-refractivity contribution in [1.82, 2.24) is 4.90 Å². The molecule has 0 atom stereocenters. The number of aryl methyl sites for hydroxylation is 1. The summed E-state index contributed by atoms with van der Waals surface area (Å²) in [5.41, 5.74) is 2.36. The van der Waals surface area contributed by atoms with Crippen LogP contribution in [-0.4, -0.2) is 31.1 Å². The molecular weight excluding hydrogens is 176 g/mol. The topological polar surface area (TPSA) is 23.6 Å². The molecule has 1 aromatic rings. The highest BCUT2D eigenvalue weighted by molar-refractivity contribution is 5.84. The van der Waals surface area contributed by atoms with E-state index in [9.17, 15) is 4.79 Å². The van der Waals surface area contributed by atoms with E-state index in [1.807, 2.05) is 7.05 Å². The number of rotatable bonds is 1. The van der Waals surface area contributed by atoms with Crippen LogP contribution in [-0.2, 0) is 4.79 Å². The SMILES string of the molecule is Cc1ccc(N2CC(=O)N(C)C2)cc1. The van der Waals surface area contributed by atoms with Crippen LogP contribution >= 0.6 is 0 Å². The van der Waals surface area contributed by atoms with Gasteiger partial charge in [0.05, 0.1) is 13.2 Å². The fourth-order valence-electron chi connectivity index (χ4n) is 1.60. The molecule has 1 aliphatic heterocycles. The second-order valence-electron chi connectivity index (χ2n) is 3.77. The Morgan fingerprint density at radius 1 is 1.21 bits per heavy atom. The zero-order valence-electron chi connectivity index (χ0n) is 8.53. The molecule has 0 saturated carbocycles. The molecule has 0 aromatic heterocycles. The van der Waals surface area contributed by atoms with Crippen LogP contribution in [0.2, 0.25) is 0 Å². The first-order chi connectivity index (χ1) is 6.66. The lowest BCUT2D eigenvalue weighted by Crippen LogP contribution is -2.22. The maximum absolute atomic E-state index is 11.3. The Bertz CT molecular complexity index is 345. The maximum atomic E-state index is 11.3. The summed E-state index contributed by atoms with van der Waals surface area (Å²) in [6, 6.07) is 8.25. The molecule has 1 heterocycles. The molecule has 3 nitrogen and oxygen atoms in total. The van der Waals surface area contributed by atoms with Crippen molar-refractivity contribution in [1.29, 1.82) is 0 Å². The predicted molar refractivity (Wildman–Crippen MR) is 56.2 cm³/mol. The van der Waals surface area contributed by atoms with Gasteiger partial charge in [-0.15, -0.1) is 0 Å². The minimum Gasteiger partial charge on any atom is -0.344 e. The summed E-state index contributed by atoms with van der Waals surface area (Å²) in [5.74, 6) is 0.186. The minimum absolute atomic E-state index is 0.186. The van der Waals surface area contributed by atoms with Crippen molar-refractivity contribution in [3.63, 3.8) is 0 Å². The number of carbonyl (C=O) groups is 1. The first kappa shape index (κ1) is 9.06. The van der Waals surface area contributed by atoms with E-state index in [4.69, 9.17) is 0 Å². The number of anilines is 1. The summed E-state index contributed by atoms with van der Waals surface area (Å²) < 4.78 is 0. The molecule has 1 saturated heterocycles. The molecule has 0 spiro atoms. The Morgan fingerprint density at radius 3 is 2.36 bits per heavy atom. The molecule has 1 aliphatic rings.